The number of benzene rings is 2. The summed E-state index contributed by atoms with van der Waals surface area (Å²) in [5, 5.41) is 9.59. The molecule has 0 spiro atoms. The van der Waals surface area contributed by atoms with Crippen LogP contribution in [0.1, 0.15) is 22.3 Å². The zero-order valence-corrected chi connectivity index (χ0v) is 12.1. The Morgan fingerprint density at radius 2 is 1.70 bits per heavy atom. The smallest absolute Gasteiger partial charge is 0.123 e. The minimum absolute atomic E-state index is 0.144. The lowest BCUT2D eigenvalue weighted by Crippen LogP contribution is -2.13. The van der Waals surface area contributed by atoms with Gasteiger partial charge < -0.3 is 5.11 Å². The van der Waals surface area contributed by atoms with E-state index in [-0.39, 0.29) is 18.3 Å². The van der Waals surface area contributed by atoms with Crippen molar-refractivity contribution >= 4 is 0 Å². The van der Waals surface area contributed by atoms with Crippen molar-refractivity contribution in [3.63, 3.8) is 0 Å². The van der Waals surface area contributed by atoms with Crippen molar-refractivity contribution in [3.8, 4) is 0 Å². The number of aliphatic hydroxyl groups is 1. The molecule has 20 heavy (non-hydrogen) atoms. The molecule has 0 aromatic heterocycles. The maximum Gasteiger partial charge on any atom is 0.123 e. The Morgan fingerprint density at radius 3 is 2.35 bits per heavy atom. The first-order chi connectivity index (χ1) is 9.58. The second-order valence-corrected chi connectivity index (χ2v) is 5.51. The highest BCUT2D eigenvalue weighted by molar-refractivity contribution is 5.31. The third-order valence-corrected chi connectivity index (χ3v) is 3.71. The fraction of sp³-hybridized carbons (Fsp3) is 0.333. The highest BCUT2D eigenvalue weighted by Gasteiger charge is 2.11. The summed E-state index contributed by atoms with van der Waals surface area (Å²) < 4.78 is 12.9. The molecule has 0 saturated heterocycles. The zero-order chi connectivity index (χ0) is 14.5. The van der Waals surface area contributed by atoms with Gasteiger partial charge in [-0.15, -0.1) is 0 Å². The van der Waals surface area contributed by atoms with Crippen LogP contribution in [-0.4, -0.2) is 11.7 Å². The van der Waals surface area contributed by atoms with Crippen LogP contribution in [-0.2, 0) is 12.8 Å². The van der Waals surface area contributed by atoms with Crippen LogP contribution in [0.2, 0.25) is 0 Å². The normalized spacial score (nSPS) is 12.4. The van der Waals surface area contributed by atoms with E-state index in [4.69, 9.17) is 0 Å². The molecule has 0 aliphatic rings. The summed E-state index contributed by atoms with van der Waals surface area (Å²) in [7, 11) is 0. The molecule has 0 aliphatic carbocycles. The lowest BCUT2D eigenvalue weighted by molar-refractivity contribution is 0.225. The topological polar surface area (TPSA) is 20.2 Å². The van der Waals surface area contributed by atoms with Crippen molar-refractivity contribution in [1.29, 1.82) is 0 Å². The largest absolute Gasteiger partial charge is 0.396 e. The molecule has 0 amide bonds. The van der Waals surface area contributed by atoms with Crippen molar-refractivity contribution in [1.82, 2.24) is 0 Å². The summed E-state index contributed by atoms with van der Waals surface area (Å²) in [6.45, 7) is 4.32. The molecule has 2 rings (SSSR count). The Morgan fingerprint density at radius 1 is 1.00 bits per heavy atom. The maximum atomic E-state index is 12.9. The van der Waals surface area contributed by atoms with E-state index in [0.717, 1.165) is 18.4 Å². The average molecular weight is 272 g/mol. The molecule has 2 aromatic carbocycles. The van der Waals surface area contributed by atoms with Gasteiger partial charge in [0, 0.05) is 6.61 Å². The minimum Gasteiger partial charge on any atom is -0.396 e. The average Bonchev–Trinajstić information content (AvgIpc) is 2.44. The van der Waals surface area contributed by atoms with E-state index in [1.165, 1.54) is 28.8 Å². The van der Waals surface area contributed by atoms with E-state index in [9.17, 15) is 9.50 Å². The second-order valence-electron chi connectivity index (χ2n) is 5.51. The first-order valence-electron chi connectivity index (χ1n) is 7.00. The van der Waals surface area contributed by atoms with E-state index < -0.39 is 0 Å². The number of halogens is 1. The van der Waals surface area contributed by atoms with Gasteiger partial charge in [0.05, 0.1) is 0 Å². The molecule has 106 valence electrons. The number of aryl methyl sites for hydroxylation is 2. The molecule has 0 radical (unpaired) electrons. The molecule has 1 atom stereocenters. The first kappa shape index (κ1) is 14.7. The van der Waals surface area contributed by atoms with Gasteiger partial charge in [-0.1, -0.05) is 35.9 Å². The molecule has 2 heteroatoms. The Labute approximate surface area is 120 Å². The number of hydrogen-bond donors (Lipinski definition) is 1. The van der Waals surface area contributed by atoms with E-state index >= 15 is 0 Å². The lowest BCUT2D eigenvalue weighted by Gasteiger charge is -2.16. The molecule has 0 saturated carbocycles. The fourth-order valence-electron chi connectivity index (χ4n) is 2.49. The predicted octanol–water partition coefficient (Wildman–Crippen LogP) is 3.84. The quantitative estimate of drug-likeness (QED) is 0.877. The van der Waals surface area contributed by atoms with Crippen LogP contribution in [0, 0.1) is 25.6 Å². The van der Waals surface area contributed by atoms with Crippen LogP contribution in [0.25, 0.3) is 0 Å². The molecule has 0 heterocycles. The number of rotatable bonds is 5. The summed E-state index contributed by atoms with van der Waals surface area (Å²) in [6, 6.07) is 12.9. The van der Waals surface area contributed by atoms with Gasteiger partial charge in [-0.3, -0.25) is 0 Å². The lowest BCUT2D eigenvalue weighted by atomic mass is 9.90. The van der Waals surface area contributed by atoms with Gasteiger partial charge >= 0.3 is 0 Å². The number of hydrogen-bond acceptors (Lipinski definition) is 1. The van der Waals surface area contributed by atoms with Gasteiger partial charge in [0.25, 0.3) is 0 Å². The summed E-state index contributed by atoms with van der Waals surface area (Å²) in [4.78, 5) is 0. The molecule has 0 fully saturated rings. The number of aliphatic hydroxyl groups excluding tert-OH is 1. The summed E-state index contributed by atoms with van der Waals surface area (Å²) in [5.41, 5.74) is 4.85. The molecule has 1 unspecified atom stereocenters. The van der Waals surface area contributed by atoms with Gasteiger partial charge in [-0.05, 0) is 61.4 Å². The van der Waals surface area contributed by atoms with Gasteiger partial charge in [-0.2, -0.15) is 0 Å². The van der Waals surface area contributed by atoms with Crippen molar-refractivity contribution in [2.45, 2.75) is 26.7 Å². The zero-order valence-electron chi connectivity index (χ0n) is 12.1. The van der Waals surface area contributed by atoms with Crippen LogP contribution in [0.15, 0.2) is 42.5 Å². The monoisotopic (exact) mass is 272 g/mol. The van der Waals surface area contributed by atoms with Crippen LogP contribution in [0.4, 0.5) is 4.39 Å². The molecule has 2 aromatic rings. The van der Waals surface area contributed by atoms with Gasteiger partial charge in [0.2, 0.25) is 0 Å². The third kappa shape index (κ3) is 3.91. The van der Waals surface area contributed by atoms with Crippen LogP contribution < -0.4 is 0 Å². The van der Waals surface area contributed by atoms with Gasteiger partial charge in [0.15, 0.2) is 0 Å². The molecule has 0 aliphatic heterocycles. The van der Waals surface area contributed by atoms with E-state index in [1.807, 2.05) is 0 Å². The Hall–Kier alpha value is -1.67. The van der Waals surface area contributed by atoms with E-state index in [1.54, 1.807) is 12.1 Å². The highest BCUT2D eigenvalue weighted by Crippen LogP contribution is 2.19. The van der Waals surface area contributed by atoms with Crippen LogP contribution in [0.3, 0.4) is 0 Å². The standard InChI is InChI=1S/C18H21FO/c1-13-3-4-14(2)17(9-13)11-16(12-20)10-15-5-7-18(19)8-6-15/h3-9,16,20H,10-12H2,1-2H3. The Kier molecular flexibility index (Phi) is 4.91. The fourth-order valence-corrected chi connectivity index (χ4v) is 2.49. The minimum atomic E-state index is -0.219. The van der Waals surface area contributed by atoms with Crippen molar-refractivity contribution in [3.05, 3.63) is 70.5 Å². The second kappa shape index (κ2) is 6.67. The summed E-state index contributed by atoms with van der Waals surface area (Å²) >= 11 is 0. The predicted molar refractivity (Wildman–Crippen MR) is 80.3 cm³/mol. The molecular weight excluding hydrogens is 251 g/mol. The molecule has 1 nitrogen and oxygen atoms in total. The Balaban J connectivity index is 2.08. The van der Waals surface area contributed by atoms with Crippen LogP contribution in [0.5, 0.6) is 0 Å². The Bertz CT molecular complexity index is 560. The first-order valence-corrected chi connectivity index (χ1v) is 7.00. The highest BCUT2D eigenvalue weighted by atomic mass is 19.1. The van der Waals surface area contributed by atoms with Crippen LogP contribution >= 0.6 is 0 Å². The van der Waals surface area contributed by atoms with Crippen molar-refractivity contribution in [2.24, 2.45) is 5.92 Å². The third-order valence-electron chi connectivity index (χ3n) is 3.71. The van der Waals surface area contributed by atoms with Crippen molar-refractivity contribution in [2.75, 3.05) is 6.61 Å². The molecule has 0 bridgehead atoms. The van der Waals surface area contributed by atoms with E-state index in [0.29, 0.717) is 0 Å². The maximum absolute atomic E-state index is 12.9. The molecular formula is C18H21FO. The van der Waals surface area contributed by atoms with Gasteiger partial charge in [-0.25, -0.2) is 4.39 Å². The SMILES string of the molecule is Cc1ccc(C)c(CC(CO)Cc2ccc(F)cc2)c1. The van der Waals surface area contributed by atoms with Crippen molar-refractivity contribution < 1.29 is 9.50 Å². The molecule has 1 N–H and O–H groups in total. The van der Waals surface area contributed by atoms with E-state index in [2.05, 4.69) is 32.0 Å². The summed E-state index contributed by atoms with van der Waals surface area (Å²) in [6.07, 6.45) is 1.62. The summed E-state index contributed by atoms with van der Waals surface area (Å²) in [5.74, 6) is -0.0511. The van der Waals surface area contributed by atoms with Gasteiger partial charge in [0.1, 0.15) is 5.82 Å².